The highest BCUT2D eigenvalue weighted by Gasteiger charge is 2.33. The third-order valence-electron chi connectivity index (χ3n) is 8.52. The second kappa shape index (κ2) is 13.7. The first-order valence-corrected chi connectivity index (χ1v) is 15.8. The van der Waals surface area contributed by atoms with Gasteiger partial charge in [0.1, 0.15) is 5.60 Å². The van der Waals surface area contributed by atoms with Crippen LogP contribution in [0.3, 0.4) is 0 Å². The number of aliphatic hydroxyl groups is 1. The molecule has 1 aromatic carbocycles. The topological polar surface area (TPSA) is 80.7 Å². The van der Waals surface area contributed by atoms with E-state index in [0.29, 0.717) is 30.5 Å². The molecule has 2 aliphatic carbocycles. The van der Waals surface area contributed by atoms with Gasteiger partial charge in [-0.05, 0) is 86.5 Å². The summed E-state index contributed by atoms with van der Waals surface area (Å²) in [6.45, 7) is 17.0. The fourth-order valence-electron chi connectivity index (χ4n) is 6.11. The molecule has 0 amide bonds. The third kappa shape index (κ3) is 9.47. The third-order valence-corrected chi connectivity index (χ3v) is 8.52. The van der Waals surface area contributed by atoms with E-state index in [4.69, 9.17) is 4.74 Å². The van der Waals surface area contributed by atoms with E-state index in [1.54, 1.807) is 0 Å². The van der Waals surface area contributed by atoms with Crippen molar-refractivity contribution >= 4 is 29.2 Å². The average molecular weight is 589 g/mol. The van der Waals surface area contributed by atoms with Crippen molar-refractivity contribution in [3.8, 4) is 0 Å². The summed E-state index contributed by atoms with van der Waals surface area (Å²) in [6, 6.07) is 7.81. The molecule has 0 bridgehead atoms. The molecule has 43 heavy (non-hydrogen) atoms. The summed E-state index contributed by atoms with van der Waals surface area (Å²) < 4.78 is 5.18. The van der Waals surface area contributed by atoms with Gasteiger partial charge < -0.3 is 9.84 Å². The van der Waals surface area contributed by atoms with Crippen LogP contribution in [-0.2, 0) is 19.1 Å². The number of carbonyl (C=O) groups is 3. The summed E-state index contributed by atoms with van der Waals surface area (Å²) in [5, 5.41) is 9.60. The molecule has 0 spiro atoms. The molecule has 0 saturated carbocycles. The van der Waals surface area contributed by atoms with Crippen LogP contribution in [0.5, 0.6) is 0 Å². The Morgan fingerprint density at radius 2 is 1.16 bits per heavy atom. The molecule has 0 atom stereocenters. The number of rotatable bonds is 15. The van der Waals surface area contributed by atoms with Crippen molar-refractivity contribution in [1.82, 2.24) is 0 Å². The Kier molecular flexibility index (Phi) is 11.0. The number of benzene rings is 1. The van der Waals surface area contributed by atoms with E-state index in [1.807, 2.05) is 50.3 Å². The highest BCUT2D eigenvalue weighted by atomic mass is 16.5. The SMILES string of the molecule is CC1(C)C=C(CCCCC(C)(C)CO)C(=O)C(c2ccccc2C2=CC(C)(C)C=C(CCCCC(C)(C)OC=O)C2=O)=C1. The fraction of sp³-hybridized carbons (Fsp3) is 0.553. The van der Waals surface area contributed by atoms with Crippen LogP contribution in [0.2, 0.25) is 0 Å². The monoisotopic (exact) mass is 588 g/mol. The number of hydrogen-bond donors (Lipinski definition) is 1. The van der Waals surface area contributed by atoms with Gasteiger partial charge in [-0.2, -0.15) is 0 Å². The summed E-state index contributed by atoms with van der Waals surface area (Å²) in [5.74, 6) is 0.0489. The Bertz CT molecular complexity index is 1330. The Hall–Kier alpha value is -3.05. The number of hydrogen-bond acceptors (Lipinski definition) is 5. The minimum absolute atomic E-state index is 0.0144. The van der Waals surface area contributed by atoms with Crippen LogP contribution in [0.15, 0.2) is 59.7 Å². The Labute approximate surface area is 259 Å². The molecule has 5 nitrogen and oxygen atoms in total. The lowest BCUT2D eigenvalue weighted by molar-refractivity contribution is -0.140. The summed E-state index contributed by atoms with van der Waals surface area (Å²) >= 11 is 0. The van der Waals surface area contributed by atoms with Crippen LogP contribution < -0.4 is 0 Å². The summed E-state index contributed by atoms with van der Waals surface area (Å²) in [7, 11) is 0. The first kappa shape index (κ1) is 34.4. The zero-order valence-corrected chi connectivity index (χ0v) is 27.6. The molecule has 5 heteroatoms. The Morgan fingerprint density at radius 3 is 1.58 bits per heavy atom. The molecule has 0 heterocycles. The van der Waals surface area contributed by atoms with Crippen LogP contribution in [0.25, 0.3) is 11.1 Å². The zero-order chi connectivity index (χ0) is 32.1. The van der Waals surface area contributed by atoms with E-state index >= 15 is 0 Å². The lowest BCUT2D eigenvalue weighted by Crippen LogP contribution is -2.23. The van der Waals surface area contributed by atoms with Crippen molar-refractivity contribution in [3.05, 3.63) is 70.8 Å². The number of allylic oxidation sites excluding steroid dienone is 8. The van der Waals surface area contributed by atoms with Crippen LogP contribution in [-0.4, -0.2) is 35.4 Å². The van der Waals surface area contributed by atoms with Crippen molar-refractivity contribution in [2.75, 3.05) is 6.61 Å². The maximum atomic E-state index is 14.0. The van der Waals surface area contributed by atoms with E-state index in [1.165, 1.54) is 0 Å². The van der Waals surface area contributed by atoms with E-state index < -0.39 is 5.60 Å². The molecule has 0 fully saturated rings. The van der Waals surface area contributed by atoms with Crippen molar-refractivity contribution in [2.24, 2.45) is 16.2 Å². The maximum Gasteiger partial charge on any atom is 0.293 e. The van der Waals surface area contributed by atoms with Crippen LogP contribution in [0.4, 0.5) is 0 Å². The van der Waals surface area contributed by atoms with Gasteiger partial charge in [0.05, 0.1) is 0 Å². The molecule has 1 aromatic rings. The van der Waals surface area contributed by atoms with Gasteiger partial charge in [0.2, 0.25) is 0 Å². The lowest BCUT2D eigenvalue weighted by atomic mass is 9.74. The first-order chi connectivity index (χ1) is 20.0. The minimum Gasteiger partial charge on any atom is -0.462 e. The molecular weight excluding hydrogens is 536 g/mol. The van der Waals surface area contributed by atoms with E-state index in [2.05, 4.69) is 53.7 Å². The van der Waals surface area contributed by atoms with E-state index in [0.717, 1.165) is 60.8 Å². The van der Waals surface area contributed by atoms with Gasteiger partial charge >= 0.3 is 0 Å². The van der Waals surface area contributed by atoms with Gasteiger partial charge in [0, 0.05) is 28.6 Å². The molecule has 0 unspecified atom stereocenters. The van der Waals surface area contributed by atoms with Gasteiger partial charge in [-0.1, -0.05) is 96.5 Å². The molecule has 0 radical (unpaired) electrons. The molecule has 234 valence electrons. The predicted octanol–water partition coefficient (Wildman–Crippen LogP) is 8.61. The normalized spacial score (nSPS) is 18.4. The fourth-order valence-corrected chi connectivity index (χ4v) is 6.11. The molecule has 0 aliphatic heterocycles. The van der Waals surface area contributed by atoms with Gasteiger partial charge in [-0.25, -0.2) is 0 Å². The number of aliphatic hydroxyl groups excluding tert-OH is 1. The summed E-state index contributed by atoms with van der Waals surface area (Å²) in [4.78, 5) is 38.7. The predicted molar refractivity (Wildman–Crippen MR) is 175 cm³/mol. The molecule has 0 saturated heterocycles. The Balaban J connectivity index is 1.84. The van der Waals surface area contributed by atoms with E-state index in [9.17, 15) is 19.5 Å². The number of carbonyl (C=O) groups excluding carboxylic acids is 3. The largest absolute Gasteiger partial charge is 0.462 e. The van der Waals surface area contributed by atoms with Crippen LogP contribution in [0.1, 0.15) is 118 Å². The number of ether oxygens (including phenoxy) is 1. The second-order valence-corrected chi connectivity index (χ2v) is 15.0. The van der Waals surface area contributed by atoms with Crippen molar-refractivity contribution in [2.45, 2.75) is 112 Å². The zero-order valence-electron chi connectivity index (χ0n) is 27.6. The number of unbranched alkanes of at least 4 members (excludes halogenated alkanes) is 2. The maximum absolute atomic E-state index is 14.0. The van der Waals surface area contributed by atoms with Crippen molar-refractivity contribution in [3.63, 3.8) is 0 Å². The van der Waals surface area contributed by atoms with Crippen molar-refractivity contribution < 1.29 is 24.2 Å². The number of ketones is 2. The minimum atomic E-state index is -0.521. The van der Waals surface area contributed by atoms with Crippen molar-refractivity contribution in [1.29, 1.82) is 0 Å². The summed E-state index contributed by atoms with van der Waals surface area (Å²) in [5.41, 5.74) is 3.28. The molecule has 2 aliphatic rings. The number of Topliss-reactive ketones (excluding diaryl/α,β-unsaturated/α-hetero) is 2. The molecule has 1 N–H and O–H groups in total. The highest BCUT2D eigenvalue weighted by Crippen LogP contribution is 2.42. The van der Waals surface area contributed by atoms with Gasteiger partial charge in [0.15, 0.2) is 11.6 Å². The quantitative estimate of drug-likeness (QED) is 0.164. The molecular formula is C38H52O5. The van der Waals surface area contributed by atoms with Gasteiger partial charge in [0.25, 0.3) is 6.47 Å². The summed E-state index contributed by atoms with van der Waals surface area (Å²) in [6.07, 6.45) is 14.7. The highest BCUT2D eigenvalue weighted by molar-refractivity contribution is 6.34. The average Bonchev–Trinajstić information content (AvgIpc) is 2.92. The second-order valence-electron chi connectivity index (χ2n) is 15.0. The smallest absolute Gasteiger partial charge is 0.293 e. The van der Waals surface area contributed by atoms with Crippen LogP contribution >= 0.6 is 0 Å². The van der Waals surface area contributed by atoms with Crippen LogP contribution in [0, 0.1) is 16.2 Å². The standard InChI is InChI=1S/C38H52O5/c1-35(2,25-39)19-13-11-15-27-21-36(3,4)23-31(33(27)41)29-17-9-10-18-30(29)32-24-37(5,6)22-28(34(32)42)16-12-14-20-38(7,8)43-26-40/h9-10,17-18,21-24,26,39H,11-16,19-20,25H2,1-8H3. The Morgan fingerprint density at radius 1 is 0.721 bits per heavy atom. The van der Waals surface area contributed by atoms with Gasteiger partial charge in [-0.3, -0.25) is 14.4 Å². The molecule has 3 rings (SSSR count). The van der Waals surface area contributed by atoms with E-state index in [-0.39, 0.29) is 34.4 Å². The lowest BCUT2D eigenvalue weighted by Gasteiger charge is -2.29. The first-order valence-electron chi connectivity index (χ1n) is 15.8. The molecule has 0 aromatic heterocycles. The van der Waals surface area contributed by atoms with Gasteiger partial charge in [-0.15, -0.1) is 0 Å².